The molecule has 1 aromatic heterocycles. The van der Waals surface area contributed by atoms with Crippen LogP contribution in [0.3, 0.4) is 0 Å². The maximum atomic E-state index is 12.6. The van der Waals surface area contributed by atoms with Crippen LogP contribution in [0.5, 0.6) is 0 Å². The Kier molecular flexibility index (Phi) is 4.44. The first-order chi connectivity index (χ1) is 8.27. The Morgan fingerprint density at radius 2 is 2.06 bits per heavy atom. The summed E-state index contributed by atoms with van der Waals surface area (Å²) in [6, 6.07) is -0.493. The van der Waals surface area contributed by atoms with Crippen LogP contribution in [0.2, 0.25) is 5.02 Å². The largest absolute Gasteiger partial charge is 0.434 e. The van der Waals surface area contributed by atoms with Gasteiger partial charge in [0.15, 0.2) is 5.69 Å². The molecule has 0 spiro atoms. The monoisotopic (exact) mass is 284 g/mol. The minimum absolute atomic E-state index is 0.0299. The molecule has 1 heterocycles. The Balaban J connectivity index is 2.83. The van der Waals surface area contributed by atoms with Crippen molar-refractivity contribution in [1.82, 2.24) is 20.4 Å². The van der Waals surface area contributed by atoms with Crippen molar-refractivity contribution in [2.24, 2.45) is 7.05 Å². The first kappa shape index (κ1) is 14.6. The number of halogens is 4. The van der Waals surface area contributed by atoms with E-state index < -0.39 is 22.9 Å². The number of aryl methyl sites for hydroxylation is 1. The van der Waals surface area contributed by atoms with Crippen LogP contribution in [-0.2, 0) is 19.8 Å². The second-order valence-electron chi connectivity index (χ2n) is 3.44. The van der Waals surface area contributed by atoms with Crippen LogP contribution in [0.25, 0.3) is 0 Å². The summed E-state index contributed by atoms with van der Waals surface area (Å²) in [6.45, 7) is 1.96. The van der Waals surface area contributed by atoms with Gasteiger partial charge in [0, 0.05) is 13.6 Å². The molecule has 0 aromatic carbocycles. The first-order valence-electron chi connectivity index (χ1n) is 5.07. The van der Waals surface area contributed by atoms with Crippen LogP contribution >= 0.6 is 11.6 Å². The fourth-order valence-corrected chi connectivity index (χ4v) is 1.70. The average molecular weight is 285 g/mol. The number of urea groups is 1. The van der Waals surface area contributed by atoms with E-state index in [-0.39, 0.29) is 12.2 Å². The molecule has 5 nitrogen and oxygen atoms in total. The first-order valence-corrected chi connectivity index (χ1v) is 5.45. The number of carbonyl (C=O) groups is 1. The normalized spacial score (nSPS) is 11.4. The summed E-state index contributed by atoms with van der Waals surface area (Å²) < 4.78 is 38.4. The molecule has 2 N–H and O–H groups in total. The zero-order chi connectivity index (χ0) is 13.9. The third-order valence-electron chi connectivity index (χ3n) is 2.08. The lowest BCUT2D eigenvalue weighted by Gasteiger charge is -2.06. The second-order valence-corrected chi connectivity index (χ2v) is 3.82. The van der Waals surface area contributed by atoms with Gasteiger partial charge in [-0.05, 0) is 6.92 Å². The van der Waals surface area contributed by atoms with Gasteiger partial charge in [-0.2, -0.15) is 18.3 Å². The van der Waals surface area contributed by atoms with Gasteiger partial charge in [0.25, 0.3) is 0 Å². The molecular weight excluding hydrogens is 273 g/mol. The van der Waals surface area contributed by atoms with Crippen molar-refractivity contribution in [3.63, 3.8) is 0 Å². The van der Waals surface area contributed by atoms with Crippen LogP contribution in [0.4, 0.5) is 18.0 Å². The predicted octanol–water partition coefficient (Wildman–Crippen LogP) is 1.91. The summed E-state index contributed by atoms with van der Waals surface area (Å²) in [4.78, 5) is 11.1. The molecule has 1 rings (SSSR count). The number of carbonyl (C=O) groups excluding carboxylic acids is 1. The maximum absolute atomic E-state index is 12.6. The van der Waals surface area contributed by atoms with E-state index in [1.807, 2.05) is 0 Å². The molecule has 0 saturated heterocycles. The quantitative estimate of drug-likeness (QED) is 0.891. The summed E-state index contributed by atoms with van der Waals surface area (Å²) in [5, 5.41) is 7.92. The number of nitrogens with zero attached hydrogens (tertiary/aromatic N) is 2. The Labute approximate surface area is 106 Å². The van der Waals surface area contributed by atoms with Gasteiger partial charge in [0.1, 0.15) is 5.69 Å². The Hall–Kier alpha value is -1.44. The topological polar surface area (TPSA) is 59.0 Å². The van der Waals surface area contributed by atoms with Crippen molar-refractivity contribution in [2.75, 3.05) is 6.54 Å². The standard InChI is InChI=1S/C9H12ClF3N4O/c1-3-14-8(18)15-4-5-6(10)7(9(11,12)13)17(2)16-5/h3-4H2,1-2H3,(H2,14,15,18). The number of rotatable bonds is 3. The van der Waals surface area contributed by atoms with Crippen molar-refractivity contribution < 1.29 is 18.0 Å². The number of amides is 2. The van der Waals surface area contributed by atoms with E-state index in [2.05, 4.69) is 15.7 Å². The zero-order valence-corrected chi connectivity index (χ0v) is 10.5. The van der Waals surface area contributed by atoms with Gasteiger partial charge >= 0.3 is 12.2 Å². The molecule has 0 aliphatic rings. The molecule has 0 bridgehead atoms. The summed E-state index contributed by atoms with van der Waals surface area (Å²) in [6.07, 6.45) is -4.58. The van der Waals surface area contributed by atoms with Crippen LogP contribution in [0, 0.1) is 0 Å². The van der Waals surface area contributed by atoms with Crippen molar-refractivity contribution in [2.45, 2.75) is 19.6 Å². The lowest BCUT2D eigenvalue weighted by Crippen LogP contribution is -2.34. The molecule has 18 heavy (non-hydrogen) atoms. The van der Waals surface area contributed by atoms with Crippen LogP contribution in [-0.4, -0.2) is 22.4 Å². The molecule has 2 amide bonds. The van der Waals surface area contributed by atoms with E-state index in [4.69, 9.17) is 11.6 Å². The minimum atomic E-state index is -4.58. The van der Waals surface area contributed by atoms with Gasteiger partial charge in [-0.15, -0.1) is 0 Å². The third kappa shape index (κ3) is 3.28. The van der Waals surface area contributed by atoms with E-state index in [0.29, 0.717) is 11.2 Å². The fourth-order valence-electron chi connectivity index (χ4n) is 1.36. The van der Waals surface area contributed by atoms with Gasteiger partial charge in [-0.1, -0.05) is 11.6 Å². The number of hydrogen-bond donors (Lipinski definition) is 2. The number of alkyl halides is 3. The molecule has 0 unspecified atom stereocenters. The van der Waals surface area contributed by atoms with E-state index in [1.54, 1.807) is 6.92 Å². The molecular formula is C9H12ClF3N4O. The number of nitrogens with one attached hydrogen (secondary N) is 2. The van der Waals surface area contributed by atoms with Crippen LogP contribution < -0.4 is 10.6 Å². The number of aromatic nitrogens is 2. The number of hydrogen-bond acceptors (Lipinski definition) is 2. The average Bonchev–Trinajstić information content (AvgIpc) is 2.50. The SMILES string of the molecule is CCNC(=O)NCc1nn(C)c(C(F)(F)F)c1Cl. The smallest absolute Gasteiger partial charge is 0.338 e. The molecule has 0 radical (unpaired) electrons. The van der Waals surface area contributed by atoms with Crippen molar-refractivity contribution in [3.05, 3.63) is 16.4 Å². The summed E-state index contributed by atoms with van der Waals surface area (Å²) in [7, 11) is 1.14. The van der Waals surface area contributed by atoms with E-state index in [0.717, 1.165) is 7.05 Å². The molecule has 102 valence electrons. The van der Waals surface area contributed by atoms with Crippen molar-refractivity contribution in [1.29, 1.82) is 0 Å². The molecule has 0 aliphatic heterocycles. The Morgan fingerprint density at radius 3 is 2.50 bits per heavy atom. The van der Waals surface area contributed by atoms with Gasteiger partial charge in [-0.25, -0.2) is 4.79 Å². The van der Waals surface area contributed by atoms with Gasteiger partial charge < -0.3 is 10.6 Å². The van der Waals surface area contributed by atoms with Crippen molar-refractivity contribution in [3.8, 4) is 0 Å². The van der Waals surface area contributed by atoms with Gasteiger partial charge in [-0.3, -0.25) is 4.68 Å². The Morgan fingerprint density at radius 1 is 1.44 bits per heavy atom. The van der Waals surface area contributed by atoms with Crippen LogP contribution in [0.15, 0.2) is 0 Å². The summed E-state index contributed by atoms with van der Waals surface area (Å²) >= 11 is 5.60. The molecule has 0 atom stereocenters. The summed E-state index contributed by atoms with van der Waals surface area (Å²) in [5.41, 5.74) is -1.06. The van der Waals surface area contributed by atoms with E-state index in [9.17, 15) is 18.0 Å². The third-order valence-corrected chi connectivity index (χ3v) is 2.47. The lowest BCUT2D eigenvalue weighted by atomic mass is 10.3. The summed E-state index contributed by atoms with van der Waals surface area (Å²) in [5.74, 6) is 0. The zero-order valence-electron chi connectivity index (χ0n) is 9.73. The van der Waals surface area contributed by atoms with Crippen molar-refractivity contribution >= 4 is 17.6 Å². The highest BCUT2D eigenvalue weighted by Gasteiger charge is 2.38. The van der Waals surface area contributed by atoms with Gasteiger partial charge in [0.2, 0.25) is 0 Å². The predicted molar refractivity (Wildman–Crippen MR) is 59.1 cm³/mol. The lowest BCUT2D eigenvalue weighted by molar-refractivity contribution is -0.143. The highest BCUT2D eigenvalue weighted by Crippen LogP contribution is 2.35. The second kappa shape index (κ2) is 5.47. The minimum Gasteiger partial charge on any atom is -0.338 e. The maximum Gasteiger partial charge on any atom is 0.434 e. The van der Waals surface area contributed by atoms with E-state index >= 15 is 0 Å². The van der Waals surface area contributed by atoms with Crippen LogP contribution in [0.1, 0.15) is 18.3 Å². The molecule has 9 heteroatoms. The van der Waals surface area contributed by atoms with E-state index in [1.165, 1.54) is 0 Å². The Bertz CT molecular complexity index is 444. The molecule has 0 saturated carbocycles. The highest BCUT2D eigenvalue weighted by molar-refractivity contribution is 6.32. The van der Waals surface area contributed by atoms with Gasteiger partial charge in [0.05, 0.1) is 11.6 Å². The molecule has 0 aliphatic carbocycles. The molecule has 0 fully saturated rings. The molecule has 1 aromatic rings. The fraction of sp³-hybridized carbons (Fsp3) is 0.556. The highest BCUT2D eigenvalue weighted by atomic mass is 35.5.